The van der Waals surface area contributed by atoms with E-state index in [1.807, 2.05) is 29.6 Å². The van der Waals surface area contributed by atoms with Gasteiger partial charge < -0.3 is 24.6 Å². The summed E-state index contributed by atoms with van der Waals surface area (Å²) in [6, 6.07) is 16.0. The molecule has 150 valence electrons. The molecule has 0 unspecified atom stereocenters. The van der Waals surface area contributed by atoms with Gasteiger partial charge in [-0.2, -0.15) is 4.98 Å². The Morgan fingerprint density at radius 2 is 1.77 bits per heavy atom. The lowest BCUT2D eigenvalue weighted by molar-refractivity contribution is 0.171. The van der Waals surface area contributed by atoms with Crippen molar-refractivity contribution in [3.8, 4) is 33.7 Å². The molecule has 9 heteroatoms. The first kappa shape index (κ1) is 18.2. The lowest BCUT2D eigenvalue weighted by Crippen LogP contribution is -2.20. The number of nitrogens with one attached hydrogen (secondary N) is 2. The topological polar surface area (TPSA) is 98.5 Å². The third-order valence-electron chi connectivity index (χ3n) is 4.34. The molecule has 2 aromatic carbocycles. The second-order valence-electron chi connectivity index (χ2n) is 6.42. The Kier molecular flexibility index (Phi) is 4.78. The van der Waals surface area contributed by atoms with Crippen molar-refractivity contribution in [1.29, 1.82) is 0 Å². The maximum absolute atomic E-state index is 12.4. The van der Waals surface area contributed by atoms with Crippen LogP contribution in [0.25, 0.3) is 22.2 Å². The molecule has 0 radical (unpaired) electrons. The highest BCUT2D eigenvalue weighted by Gasteiger charge is 2.14. The second-order valence-corrected chi connectivity index (χ2v) is 7.37. The maximum Gasteiger partial charge on any atom is 0.323 e. The number of anilines is 2. The summed E-state index contributed by atoms with van der Waals surface area (Å²) in [4.78, 5) is 17.7. The SMILES string of the molecule is O=C(Nc1cccc(-c2noc(-c3cccs3)n2)c1)Nc1ccc2c(c1)OCCO2. The van der Waals surface area contributed by atoms with Crippen LogP contribution in [-0.4, -0.2) is 29.4 Å². The van der Waals surface area contributed by atoms with Crippen molar-refractivity contribution in [3.63, 3.8) is 0 Å². The van der Waals surface area contributed by atoms with E-state index < -0.39 is 0 Å². The van der Waals surface area contributed by atoms with Gasteiger partial charge in [0.05, 0.1) is 4.88 Å². The number of hydrogen-bond acceptors (Lipinski definition) is 7. The van der Waals surface area contributed by atoms with Crippen LogP contribution in [0.3, 0.4) is 0 Å². The van der Waals surface area contributed by atoms with Gasteiger partial charge >= 0.3 is 6.03 Å². The molecule has 30 heavy (non-hydrogen) atoms. The monoisotopic (exact) mass is 420 g/mol. The molecular weight excluding hydrogens is 404 g/mol. The zero-order valence-corrected chi connectivity index (χ0v) is 16.4. The van der Waals surface area contributed by atoms with Crippen LogP contribution in [0.4, 0.5) is 16.2 Å². The summed E-state index contributed by atoms with van der Waals surface area (Å²) in [7, 11) is 0. The predicted molar refractivity (Wildman–Crippen MR) is 113 cm³/mol. The van der Waals surface area contributed by atoms with Crippen LogP contribution in [0.15, 0.2) is 64.5 Å². The standard InChI is InChI=1S/C21H16N4O4S/c26-21(23-15-6-7-16-17(12-15)28-9-8-27-16)22-14-4-1-3-13(11-14)19-24-20(29-25-19)18-5-2-10-30-18/h1-7,10-12H,8-9H2,(H2,22,23,26). The van der Waals surface area contributed by atoms with E-state index in [0.29, 0.717) is 47.8 Å². The Bertz CT molecular complexity index is 1190. The average Bonchev–Trinajstić information content (AvgIpc) is 3.46. The van der Waals surface area contributed by atoms with Gasteiger partial charge in [-0.05, 0) is 35.7 Å². The van der Waals surface area contributed by atoms with E-state index in [1.165, 1.54) is 11.3 Å². The quantitative estimate of drug-likeness (QED) is 0.488. The normalized spacial score (nSPS) is 12.4. The van der Waals surface area contributed by atoms with Gasteiger partial charge in [-0.25, -0.2) is 4.79 Å². The molecule has 2 N–H and O–H groups in total. The molecule has 2 aromatic heterocycles. The summed E-state index contributed by atoms with van der Waals surface area (Å²) in [5.41, 5.74) is 1.94. The third kappa shape index (κ3) is 3.83. The fourth-order valence-corrected chi connectivity index (χ4v) is 3.64. The average molecular weight is 420 g/mol. The summed E-state index contributed by atoms with van der Waals surface area (Å²) in [5, 5.41) is 11.6. The van der Waals surface area contributed by atoms with Crippen molar-refractivity contribution in [2.45, 2.75) is 0 Å². The maximum atomic E-state index is 12.4. The molecule has 8 nitrogen and oxygen atoms in total. The smallest absolute Gasteiger partial charge is 0.323 e. The van der Waals surface area contributed by atoms with Gasteiger partial charge in [-0.3, -0.25) is 0 Å². The number of rotatable bonds is 4. The zero-order valence-electron chi connectivity index (χ0n) is 15.6. The van der Waals surface area contributed by atoms with Gasteiger partial charge in [0.15, 0.2) is 11.5 Å². The van der Waals surface area contributed by atoms with Crippen molar-refractivity contribution in [3.05, 3.63) is 60.0 Å². The van der Waals surface area contributed by atoms with Gasteiger partial charge in [0.25, 0.3) is 5.89 Å². The number of hydrogen-bond donors (Lipinski definition) is 2. The van der Waals surface area contributed by atoms with Crippen LogP contribution < -0.4 is 20.1 Å². The molecule has 0 fully saturated rings. The van der Waals surface area contributed by atoms with E-state index in [0.717, 1.165) is 10.4 Å². The Morgan fingerprint density at radius 1 is 0.933 bits per heavy atom. The van der Waals surface area contributed by atoms with Gasteiger partial charge in [0.1, 0.15) is 13.2 Å². The fraction of sp³-hybridized carbons (Fsp3) is 0.0952. The molecule has 0 bridgehead atoms. The largest absolute Gasteiger partial charge is 0.486 e. The number of thiophene rings is 1. The lowest BCUT2D eigenvalue weighted by Gasteiger charge is -2.19. The molecule has 0 saturated heterocycles. The van der Waals surface area contributed by atoms with Gasteiger partial charge in [0, 0.05) is 23.0 Å². The predicted octanol–water partition coefficient (Wildman–Crippen LogP) is 4.88. The first-order valence-corrected chi connectivity index (χ1v) is 10.1. The second kappa shape index (κ2) is 7.88. The van der Waals surface area contributed by atoms with E-state index >= 15 is 0 Å². The number of nitrogens with zero attached hydrogens (tertiary/aromatic N) is 2. The van der Waals surface area contributed by atoms with Crippen LogP contribution in [0.1, 0.15) is 0 Å². The number of benzene rings is 2. The molecular formula is C21H16N4O4S. The van der Waals surface area contributed by atoms with Crippen LogP contribution in [0.2, 0.25) is 0 Å². The highest BCUT2D eigenvalue weighted by Crippen LogP contribution is 2.32. The summed E-state index contributed by atoms with van der Waals surface area (Å²) in [5.74, 6) is 2.20. The molecule has 1 aliphatic heterocycles. The van der Waals surface area contributed by atoms with Crippen molar-refractivity contribution in [2.24, 2.45) is 0 Å². The van der Waals surface area contributed by atoms with Gasteiger partial charge in [0.2, 0.25) is 5.82 Å². The number of carbonyl (C=O) groups excluding carboxylic acids is 1. The van der Waals surface area contributed by atoms with E-state index in [2.05, 4.69) is 20.8 Å². The molecule has 2 amide bonds. The van der Waals surface area contributed by atoms with Crippen LogP contribution >= 0.6 is 11.3 Å². The molecule has 0 saturated carbocycles. The van der Waals surface area contributed by atoms with Crippen LogP contribution in [-0.2, 0) is 0 Å². The summed E-state index contributed by atoms with van der Waals surface area (Å²) in [6.45, 7) is 1.01. The highest BCUT2D eigenvalue weighted by molar-refractivity contribution is 7.13. The molecule has 0 spiro atoms. The number of carbonyl (C=O) groups is 1. The highest BCUT2D eigenvalue weighted by atomic mass is 32.1. The van der Waals surface area contributed by atoms with Crippen LogP contribution in [0.5, 0.6) is 11.5 Å². The third-order valence-corrected chi connectivity index (χ3v) is 5.19. The van der Waals surface area contributed by atoms with E-state index in [9.17, 15) is 4.79 Å². The Balaban J connectivity index is 1.28. The number of aromatic nitrogens is 2. The Morgan fingerprint density at radius 3 is 2.60 bits per heavy atom. The summed E-state index contributed by atoms with van der Waals surface area (Å²) < 4.78 is 16.4. The molecule has 5 rings (SSSR count). The van der Waals surface area contributed by atoms with E-state index in [1.54, 1.807) is 30.3 Å². The van der Waals surface area contributed by atoms with Gasteiger partial charge in [-0.1, -0.05) is 23.4 Å². The lowest BCUT2D eigenvalue weighted by atomic mass is 10.2. The number of ether oxygens (including phenoxy) is 2. The van der Waals surface area contributed by atoms with E-state index in [4.69, 9.17) is 14.0 Å². The number of urea groups is 1. The van der Waals surface area contributed by atoms with Crippen molar-refractivity contribution >= 4 is 28.7 Å². The minimum Gasteiger partial charge on any atom is -0.486 e. The Labute approximate surface area is 175 Å². The molecule has 0 atom stereocenters. The Hall–Kier alpha value is -3.85. The van der Waals surface area contributed by atoms with Crippen molar-refractivity contribution in [2.75, 3.05) is 23.8 Å². The summed E-state index contributed by atoms with van der Waals surface area (Å²) >= 11 is 1.53. The minimum atomic E-state index is -0.379. The molecule has 3 heterocycles. The molecule has 4 aromatic rings. The first-order chi connectivity index (χ1) is 14.7. The first-order valence-electron chi connectivity index (χ1n) is 9.20. The van der Waals surface area contributed by atoms with Crippen molar-refractivity contribution < 1.29 is 18.8 Å². The number of amides is 2. The van der Waals surface area contributed by atoms with Crippen molar-refractivity contribution in [1.82, 2.24) is 10.1 Å². The molecule has 0 aliphatic carbocycles. The zero-order chi connectivity index (χ0) is 20.3. The minimum absolute atomic E-state index is 0.379. The van der Waals surface area contributed by atoms with Crippen LogP contribution in [0, 0.1) is 0 Å². The fourth-order valence-electron chi connectivity index (χ4n) is 2.99. The van der Waals surface area contributed by atoms with Gasteiger partial charge in [-0.15, -0.1) is 11.3 Å². The number of fused-ring (bicyclic) bond motifs is 1. The summed E-state index contributed by atoms with van der Waals surface area (Å²) in [6.07, 6.45) is 0. The molecule has 1 aliphatic rings. The van der Waals surface area contributed by atoms with E-state index in [-0.39, 0.29) is 6.03 Å².